The van der Waals surface area contributed by atoms with Gasteiger partial charge < -0.3 is 10.4 Å². The smallest absolute Gasteiger partial charge is 0.354 e. The number of aromatic carboxylic acids is 1. The summed E-state index contributed by atoms with van der Waals surface area (Å²) in [7, 11) is 0. The normalized spacial score (nSPS) is 9.68. The fraction of sp³-hybridized carbons (Fsp3) is 0. The maximum atomic E-state index is 13.1. The Kier molecular flexibility index (Phi) is 3.39. The zero-order valence-corrected chi connectivity index (χ0v) is 9.59. The summed E-state index contributed by atoms with van der Waals surface area (Å²) < 4.78 is 13.1. The number of anilines is 2. The number of nitrogens with one attached hydrogen (secondary N) is 1. The average molecular weight is 257 g/mol. The van der Waals surface area contributed by atoms with Crippen molar-refractivity contribution in [2.24, 2.45) is 0 Å². The van der Waals surface area contributed by atoms with Crippen LogP contribution in [0.5, 0.6) is 0 Å². The minimum Gasteiger partial charge on any atom is -0.477 e. The van der Waals surface area contributed by atoms with Gasteiger partial charge in [0.15, 0.2) is 0 Å². The number of hydrogen-bond donors (Lipinski definition) is 2. The zero-order chi connectivity index (χ0) is 13.8. The molecule has 6 heteroatoms. The second kappa shape index (κ2) is 5.14. The molecule has 1 heterocycles. The summed E-state index contributed by atoms with van der Waals surface area (Å²) in [5, 5.41) is 20.3. The molecule has 94 valence electrons. The van der Waals surface area contributed by atoms with Gasteiger partial charge in [-0.25, -0.2) is 14.2 Å². The molecule has 0 bridgehead atoms. The van der Waals surface area contributed by atoms with Gasteiger partial charge in [-0.2, -0.15) is 5.26 Å². The molecule has 0 spiro atoms. The van der Waals surface area contributed by atoms with Crippen LogP contribution in [0.1, 0.15) is 16.1 Å². The molecular weight excluding hydrogens is 249 g/mol. The van der Waals surface area contributed by atoms with Crippen LogP contribution in [0, 0.1) is 17.1 Å². The molecule has 2 rings (SSSR count). The number of rotatable bonds is 3. The number of benzene rings is 1. The highest BCUT2D eigenvalue weighted by Gasteiger charge is 2.05. The molecular formula is C13H8FN3O2. The molecule has 0 fully saturated rings. The van der Waals surface area contributed by atoms with E-state index in [4.69, 9.17) is 10.4 Å². The third kappa shape index (κ3) is 2.84. The van der Waals surface area contributed by atoms with Crippen LogP contribution in [0.25, 0.3) is 0 Å². The quantitative estimate of drug-likeness (QED) is 0.882. The molecule has 0 amide bonds. The van der Waals surface area contributed by atoms with Gasteiger partial charge in [-0.1, -0.05) is 0 Å². The lowest BCUT2D eigenvalue weighted by Gasteiger charge is -2.06. The summed E-state index contributed by atoms with van der Waals surface area (Å²) in [5.41, 5.74) is 0.922. The Morgan fingerprint density at radius 3 is 2.63 bits per heavy atom. The first-order valence-electron chi connectivity index (χ1n) is 5.26. The molecule has 2 N–H and O–H groups in total. The van der Waals surface area contributed by atoms with Gasteiger partial charge in [0.05, 0.1) is 17.4 Å². The van der Waals surface area contributed by atoms with Crippen molar-refractivity contribution in [2.75, 3.05) is 5.32 Å². The average Bonchev–Trinajstić information content (AvgIpc) is 2.41. The molecule has 0 saturated heterocycles. The van der Waals surface area contributed by atoms with Gasteiger partial charge in [0, 0.05) is 5.69 Å². The third-order valence-electron chi connectivity index (χ3n) is 2.36. The van der Waals surface area contributed by atoms with E-state index >= 15 is 0 Å². The number of nitriles is 1. The zero-order valence-electron chi connectivity index (χ0n) is 9.59. The van der Waals surface area contributed by atoms with Crippen molar-refractivity contribution >= 4 is 17.3 Å². The molecule has 0 saturated carbocycles. The summed E-state index contributed by atoms with van der Waals surface area (Å²) in [4.78, 5) is 14.4. The number of carboxylic acids is 1. The highest BCUT2D eigenvalue weighted by molar-refractivity contribution is 5.85. The van der Waals surface area contributed by atoms with Crippen LogP contribution in [-0.4, -0.2) is 16.1 Å². The van der Waals surface area contributed by atoms with Crippen molar-refractivity contribution in [3.63, 3.8) is 0 Å². The van der Waals surface area contributed by atoms with E-state index in [2.05, 4.69) is 10.3 Å². The number of nitrogens with zero attached hydrogens (tertiary/aromatic N) is 2. The molecule has 0 aliphatic rings. The highest BCUT2D eigenvalue weighted by Crippen LogP contribution is 2.18. The minimum absolute atomic E-state index is 0.0672. The van der Waals surface area contributed by atoms with Gasteiger partial charge >= 0.3 is 5.97 Å². The van der Waals surface area contributed by atoms with Gasteiger partial charge in [0.1, 0.15) is 17.6 Å². The van der Waals surface area contributed by atoms with Gasteiger partial charge in [0.2, 0.25) is 0 Å². The summed E-state index contributed by atoms with van der Waals surface area (Å²) in [6.07, 6.45) is 1.35. The highest BCUT2D eigenvalue weighted by atomic mass is 19.1. The standard InChI is InChI=1S/C13H8FN3O2/c14-11-3-1-9(5-8(11)6-15)17-10-2-4-12(13(18)19)16-7-10/h1-5,7,17H,(H,18,19). The van der Waals surface area contributed by atoms with E-state index in [9.17, 15) is 9.18 Å². The van der Waals surface area contributed by atoms with Crippen molar-refractivity contribution in [1.82, 2.24) is 4.98 Å². The molecule has 0 radical (unpaired) electrons. The Balaban J connectivity index is 2.22. The van der Waals surface area contributed by atoms with E-state index < -0.39 is 11.8 Å². The predicted octanol–water partition coefficient (Wildman–Crippen LogP) is 2.53. The third-order valence-corrected chi connectivity index (χ3v) is 2.36. The lowest BCUT2D eigenvalue weighted by molar-refractivity contribution is 0.0690. The lowest BCUT2D eigenvalue weighted by Crippen LogP contribution is -2.00. The van der Waals surface area contributed by atoms with E-state index in [-0.39, 0.29) is 11.3 Å². The van der Waals surface area contributed by atoms with Crippen LogP contribution in [0.4, 0.5) is 15.8 Å². The van der Waals surface area contributed by atoms with Crippen LogP contribution >= 0.6 is 0 Å². The first-order valence-corrected chi connectivity index (χ1v) is 5.26. The molecule has 2 aromatic rings. The number of aromatic nitrogens is 1. The van der Waals surface area contributed by atoms with E-state index in [1.54, 1.807) is 6.07 Å². The number of hydrogen-bond acceptors (Lipinski definition) is 4. The first-order chi connectivity index (χ1) is 9.10. The van der Waals surface area contributed by atoms with E-state index in [0.717, 1.165) is 0 Å². The fourth-order valence-corrected chi connectivity index (χ4v) is 1.45. The second-order valence-corrected chi connectivity index (χ2v) is 3.67. The SMILES string of the molecule is N#Cc1cc(Nc2ccc(C(=O)O)nc2)ccc1F. The minimum atomic E-state index is -1.11. The maximum absolute atomic E-state index is 13.1. The summed E-state index contributed by atoms with van der Waals surface area (Å²) in [6.45, 7) is 0. The topological polar surface area (TPSA) is 86.0 Å². The summed E-state index contributed by atoms with van der Waals surface area (Å²) in [5.74, 6) is -1.70. The Labute approximate surface area is 108 Å². The van der Waals surface area contributed by atoms with Crippen molar-refractivity contribution in [3.05, 3.63) is 53.6 Å². The van der Waals surface area contributed by atoms with Gasteiger partial charge in [-0.3, -0.25) is 0 Å². The van der Waals surface area contributed by atoms with Crippen LogP contribution < -0.4 is 5.32 Å². The molecule has 0 aliphatic carbocycles. The second-order valence-electron chi connectivity index (χ2n) is 3.67. The molecule has 0 unspecified atom stereocenters. The Hall–Kier alpha value is -2.94. The molecule has 19 heavy (non-hydrogen) atoms. The Morgan fingerprint density at radius 2 is 2.05 bits per heavy atom. The van der Waals surface area contributed by atoms with Crippen LogP contribution in [0.15, 0.2) is 36.5 Å². The monoisotopic (exact) mass is 257 g/mol. The summed E-state index contributed by atoms with van der Waals surface area (Å²) >= 11 is 0. The van der Waals surface area contributed by atoms with Crippen molar-refractivity contribution in [3.8, 4) is 6.07 Å². The number of carbonyl (C=O) groups is 1. The molecule has 0 atom stereocenters. The Bertz CT molecular complexity index is 663. The lowest BCUT2D eigenvalue weighted by atomic mass is 10.2. The maximum Gasteiger partial charge on any atom is 0.354 e. The van der Waals surface area contributed by atoms with Gasteiger partial charge in [-0.15, -0.1) is 0 Å². The molecule has 0 aliphatic heterocycles. The number of pyridine rings is 1. The van der Waals surface area contributed by atoms with Crippen molar-refractivity contribution in [2.45, 2.75) is 0 Å². The van der Waals surface area contributed by atoms with Crippen molar-refractivity contribution in [1.29, 1.82) is 5.26 Å². The number of halogens is 1. The molecule has 5 nitrogen and oxygen atoms in total. The largest absolute Gasteiger partial charge is 0.477 e. The van der Waals surface area contributed by atoms with Gasteiger partial charge in [0.25, 0.3) is 0 Å². The van der Waals surface area contributed by atoms with Crippen molar-refractivity contribution < 1.29 is 14.3 Å². The van der Waals surface area contributed by atoms with E-state index in [1.807, 2.05) is 0 Å². The van der Waals surface area contributed by atoms with E-state index in [1.165, 1.54) is 36.5 Å². The first kappa shape index (κ1) is 12.5. The van der Waals surface area contributed by atoms with E-state index in [0.29, 0.717) is 11.4 Å². The fourth-order valence-electron chi connectivity index (χ4n) is 1.45. The summed E-state index contributed by atoms with van der Waals surface area (Å²) in [6, 6.07) is 8.63. The molecule has 1 aromatic carbocycles. The van der Waals surface area contributed by atoms with Gasteiger partial charge in [-0.05, 0) is 30.3 Å². The van der Waals surface area contributed by atoms with Crippen LogP contribution in [0.2, 0.25) is 0 Å². The Morgan fingerprint density at radius 1 is 1.32 bits per heavy atom. The number of carboxylic acid groups (broad SMARTS) is 1. The molecule has 1 aromatic heterocycles. The van der Waals surface area contributed by atoms with Crippen LogP contribution in [-0.2, 0) is 0 Å². The predicted molar refractivity (Wildman–Crippen MR) is 65.6 cm³/mol. The van der Waals surface area contributed by atoms with Crippen LogP contribution in [0.3, 0.4) is 0 Å².